The highest BCUT2D eigenvalue weighted by molar-refractivity contribution is 5.99. The van der Waals surface area contributed by atoms with Gasteiger partial charge in [0, 0.05) is 74.1 Å². The van der Waals surface area contributed by atoms with E-state index in [1.54, 1.807) is 6.20 Å². The number of benzene rings is 2. The number of piperazine rings is 1. The number of anilines is 5. The van der Waals surface area contributed by atoms with Gasteiger partial charge in [-0.2, -0.15) is 0 Å². The van der Waals surface area contributed by atoms with Gasteiger partial charge in [-0.25, -0.2) is 15.0 Å². The number of aromatic nitrogens is 3. The number of hydrogen-bond acceptors (Lipinski definition) is 9. The van der Waals surface area contributed by atoms with Crippen molar-refractivity contribution in [1.29, 1.82) is 0 Å². The molecule has 0 bridgehead atoms. The van der Waals surface area contributed by atoms with Crippen LogP contribution in [0.4, 0.5) is 28.7 Å². The summed E-state index contributed by atoms with van der Waals surface area (Å²) in [7, 11) is 2.21. The fourth-order valence-corrected chi connectivity index (χ4v) is 6.18. The van der Waals surface area contributed by atoms with Crippen molar-refractivity contribution in [3.05, 3.63) is 73.1 Å². The fraction of sp³-hybridized carbons (Fsp3) is 0.353. The molecule has 2 aromatic carbocycles. The zero-order valence-electron chi connectivity index (χ0n) is 25.6. The number of nitrogens with one attached hydrogen (secondary N) is 2. The number of carbonyl (C=O) groups excluding carboxylic acids is 1. The second-order valence-electron chi connectivity index (χ2n) is 11.6. The maximum Gasteiger partial charge on any atom is 0.247 e. The lowest BCUT2D eigenvalue weighted by Gasteiger charge is -2.42. The first-order chi connectivity index (χ1) is 21.4. The summed E-state index contributed by atoms with van der Waals surface area (Å²) >= 11 is 0. The first-order valence-electron chi connectivity index (χ1n) is 15.5. The molecule has 2 fully saturated rings. The number of pyridine rings is 1. The van der Waals surface area contributed by atoms with Crippen molar-refractivity contribution in [3.63, 3.8) is 0 Å². The van der Waals surface area contributed by atoms with Crippen molar-refractivity contribution >= 4 is 45.6 Å². The van der Waals surface area contributed by atoms with Crippen molar-refractivity contribution in [1.82, 2.24) is 24.8 Å². The molecule has 4 heterocycles. The molecule has 10 nitrogen and oxygen atoms in total. The monoisotopic (exact) mass is 591 g/mol. The van der Waals surface area contributed by atoms with Crippen molar-refractivity contribution in [2.75, 3.05) is 67.6 Å². The summed E-state index contributed by atoms with van der Waals surface area (Å²) in [5.74, 6) is 0.723. The molecule has 4 aromatic rings. The molecule has 228 valence electrons. The molecule has 4 N–H and O–H groups in total. The Balaban J connectivity index is 1.23. The highest BCUT2D eigenvalue weighted by Gasteiger charge is 2.27. The summed E-state index contributed by atoms with van der Waals surface area (Å²) in [4.78, 5) is 33.8. The van der Waals surface area contributed by atoms with Crippen LogP contribution in [-0.2, 0) is 11.2 Å². The summed E-state index contributed by atoms with van der Waals surface area (Å²) in [6.45, 7) is 12.4. The van der Waals surface area contributed by atoms with Crippen LogP contribution >= 0.6 is 0 Å². The minimum absolute atomic E-state index is 0.268. The topological polar surface area (TPSA) is 116 Å². The van der Waals surface area contributed by atoms with Crippen molar-refractivity contribution in [3.8, 4) is 11.1 Å². The molecule has 10 heteroatoms. The van der Waals surface area contributed by atoms with Crippen molar-refractivity contribution < 1.29 is 4.79 Å². The molecule has 0 radical (unpaired) electrons. The molecule has 1 amide bonds. The van der Waals surface area contributed by atoms with Crippen LogP contribution in [0.15, 0.2) is 67.4 Å². The molecule has 0 aliphatic carbocycles. The van der Waals surface area contributed by atoms with Crippen LogP contribution < -0.4 is 21.3 Å². The van der Waals surface area contributed by atoms with Crippen LogP contribution in [0.25, 0.3) is 22.2 Å². The number of hydrogen-bond donors (Lipinski definition) is 3. The Labute approximate surface area is 259 Å². The number of nitrogen functional groups attached to an aromatic ring is 1. The third-order valence-corrected chi connectivity index (χ3v) is 8.77. The lowest BCUT2D eigenvalue weighted by Crippen LogP contribution is -2.52. The molecule has 44 heavy (non-hydrogen) atoms. The van der Waals surface area contributed by atoms with E-state index in [1.165, 1.54) is 50.8 Å². The predicted molar refractivity (Wildman–Crippen MR) is 179 cm³/mol. The van der Waals surface area contributed by atoms with Gasteiger partial charge < -0.3 is 26.2 Å². The molecule has 2 aliphatic rings. The number of aryl methyl sites for hydroxylation is 1. The Hall–Kier alpha value is -4.54. The zero-order valence-corrected chi connectivity index (χ0v) is 25.6. The second kappa shape index (κ2) is 13.0. The van der Waals surface area contributed by atoms with Crippen LogP contribution in [0.5, 0.6) is 0 Å². The zero-order chi connectivity index (χ0) is 30.6. The van der Waals surface area contributed by atoms with Gasteiger partial charge in [0.15, 0.2) is 11.6 Å². The van der Waals surface area contributed by atoms with Crippen molar-refractivity contribution in [2.45, 2.75) is 32.2 Å². The molecular formula is C34H41N9O. The minimum Gasteiger partial charge on any atom is -0.382 e. The molecule has 2 aliphatic heterocycles. The van der Waals surface area contributed by atoms with Crippen LogP contribution in [0, 0.1) is 0 Å². The molecular weight excluding hydrogens is 550 g/mol. The molecule has 0 saturated carbocycles. The van der Waals surface area contributed by atoms with Gasteiger partial charge in [-0.15, -0.1) is 0 Å². The van der Waals surface area contributed by atoms with Gasteiger partial charge in [-0.3, -0.25) is 9.69 Å². The van der Waals surface area contributed by atoms with Gasteiger partial charge in [-0.1, -0.05) is 31.7 Å². The van der Waals surface area contributed by atoms with Crippen LogP contribution in [-0.4, -0.2) is 83.0 Å². The van der Waals surface area contributed by atoms with Crippen LogP contribution in [0.3, 0.4) is 0 Å². The van der Waals surface area contributed by atoms with E-state index in [4.69, 9.17) is 15.7 Å². The molecule has 2 saturated heterocycles. The minimum atomic E-state index is -0.268. The normalized spacial score (nSPS) is 16.6. The molecule has 6 rings (SSSR count). The van der Waals surface area contributed by atoms with Gasteiger partial charge in [0.2, 0.25) is 5.91 Å². The summed E-state index contributed by atoms with van der Waals surface area (Å²) in [6, 6.07) is 16.8. The molecule has 2 aromatic heterocycles. The average Bonchev–Trinajstić information content (AvgIpc) is 3.05. The summed E-state index contributed by atoms with van der Waals surface area (Å²) in [6.07, 6.45) is 6.08. The van der Waals surface area contributed by atoms with Gasteiger partial charge in [-0.05, 0) is 68.3 Å². The number of nitrogens with zero attached hydrogens (tertiary/aromatic N) is 6. The van der Waals surface area contributed by atoms with E-state index in [0.717, 1.165) is 35.6 Å². The average molecular weight is 592 g/mol. The van der Waals surface area contributed by atoms with E-state index in [1.807, 2.05) is 31.2 Å². The van der Waals surface area contributed by atoms with E-state index < -0.39 is 0 Å². The van der Waals surface area contributed by atoms with Crippen LogP contribution in [0.1, 0.15) is 25.5 Å². The Bertz CT molecular complexity index is 1640. The predicted octanol–water partition coefficient (Wildman–Crippen LogP) is 4.92. The summed E-state index contributed by atoms with van der Waals surface area (Å²) < 4.78 is 0. The molecule has 0 atom stereocenters. The number of nitrogens with two attached hydrogens (primary N) is 1. The van der Waals surface area contributed by atoms with E-state index in [9.17, 15) is 4.79 Å². The largest absolute Gasteiger partial charge is 0.382 e. The quantitative estimate of drug-likeness (QED) is 0.246. The summed E-state index contributed by atoms with van der Waals surface area (Å²) in [5, 5.41) is 6.20. The molecule has 0 spiro atoms. The summed E-state index contributed by atoms with van der Waals surface area (Å²) in [5.41, 5.74) is 12.9. The molecule has 0 unspecified atom stereocenters. The van der Waals surface area contributed by atoms with Gasteiger partial charge in [0.05, 0.1) is 5.69 Å². The van der Waals surface area contributed by atoms with Gasteiger partial charge in [0.25, 0.3) is 0 Å². The number of carbonyl (C=O) groups is 1. The number of fused-ring (bicyclic) bond motifs is 1. The number of piperidine rings is 1. The SMILES string of the molecule is C=CC(=O)Nc1cccc(Nc2nc3c(-c4ccc(N5CCC(N6CCN(C)CC6)CC5)cc4)cnc(N)c3nc2CC)c1. The van der Waals surface area contributed by atoms with Crippen molar-refractivity contribution in [2.24, 2.45) is 0 Å². The Morgan fingerprint density at radius 2 is 1.73 bits per heavy atom. The van der Waals surface area contributed by atoms with Gasteiger partial charge in [0.1, 0.15) is 11.0 Å². The number of likely N-dealkylation sites (N-methyl/N-ethyl adjacent to an activating group) is 1. The first kappa shape index (κ1) is 29.5. The Morgan fingerprint density at radius 3 is 2.43 bits per heavy atom. The van der Waals surface area contributed by atoms with Gasteiger partial charge >= 0.3 is 0 Å². The standard InChI is InChI=1S/C34H41N9O/c1-4-29-34(38-25-8-6-7-24(21-25)37-30(44)5-2)40-31-28(22-36-33(35)32(31)39-29)23-9-11-26(12-10-23)42-15-13-27(14-16-42)43-19-17-41(3)18-20-43/h5-12,21-22,27H,2,4,13-20H2,1,3H3,(H2,35,36)(H,37,44)(H,38,40). The Morgan fingerprint density at radius 1 is 1.00 bits per heavy atom. The van der Waals surface area contributed by atoms with E-state index >= 15 is 0 Å². The fourth-order valence-electron chi connectivity index (χ4n) is 6.18. The maximum atomic E-state index is 11.8. The smallest absolute Gasteiger partial charge is 0.247 e. The first-order valence-corrected chi connectivity index (χ1v) is 15.5. The van der Waals surface area contributed by atoms with E-state index in [-0.39, 0.29) is 5.91 Å². The second-order valence-corrected chi connectivity index (χ2v) is 11.6. The maximum absolute atomic E-state index is 11.8. The van der Waals surface area contributed by atoms with E-state index in [2.05, 4.69) is 68.2 Å². The third kappa shape index (κ3) is 6.36. The lowest BCUT2D eigenvalue weighted by molar-refractivity contribution is -0.111. The van der Waals surface area contributed by atoms with Crippen LogP contribution in [0.2, 0.25) is 0 Å². The Kier molecular flexibility index (Phi) is 8.72. The third-order valence-electron chi connectivity index (χ3n) is 8.77. The highest BCUT2D eigenvalue weighted by atomic mass is 16.1. The highest BCUT2D eigenvalue weighted by Crippen LogP contribution is 2.33. The number of amides is 1. The van der Waals surface area contributed by atoms with E-state index in [0.29, 0.717) is 40.8 Å². The lowest BCUT2D eigenvalue weighted by atomic mass is 10.0. The number of rotatable bonds is 8.